The first-order valence-electron chi connectivity index (χ1n) is 8.45. The maximum atomic E-state index is 12.1. The van der Waals surface area contributed by atoms with Crippen molar-refractivity contribution >= 4 is 23.4 Å². The predicted molar refractivity (Wildman–Crippen MR) is 103 cm³/mol. The average molecular weight is 392 g/mol. The van der Waals surface area contributed by atoms with E-state index in [9.17, 15) is 9.59 Å². The lowest BCUT2D eigenvalue weighted by atomic mass is 10.0. The Balaban J connectivity index is 2.14. The molecule has 0 aliphatic rings. The molecule has 0 radical (unpaired) electrons. The lowest BCUT2D eigenvalue weighted by Gasteiger charge is -2.24. The number of carbonyl (C=O) groups is 2. The van der Waals surface area contributed by atoms with Crippen LogP contribution in [0.5, 0.6) is 0 Å². The van der Waals surface area contributed by atoms with Crippen molar-refractivity contribution in [2.75, 3.05) is 13.2 Å². The van der Waals surface area contributed by atoms with Gasteiger partial charge in [-0.1, -0.05) is 24.3 Å². The molecule has 1 unspecified atom stereocenters. The topological polar surface area (TPSA) is 97.8 Å². The number of ether oxygens (including phenoxy) is 2. The second kappa shape index (κ2) is 8.96. The summed E-state index contributed by atoms with van der Waals surface area (Å²) in [4.78, 5) is 28.2. The Hall–Kier alpha value is -2.45. The van der Waals surface area contributed by atoms with Gasteiger partial charge in [-0.15, -0.1) is 11.3 Å². The molecule has 1 amide bonds. The van der Waals surface area contributed by atoms with Crippen molar-refractivity contribution in [2.24, 2.45) is 0 Å². The number of hydrogen-bond acceptors (Lipinski definition) is 6. The van der Waals surface area contributed by atoms with Crippen LogP contribution in [0.1, 0.15) is 38.1 Å². The minimum atomic E-state index is -1.07. The standard InChI is InChI=1S/C19H24N2O5S/c1-12-17(27-11-20-12)14-7-5-13(6-8-14)15(9-25-10-16(22)23)21-18(24)26-19(2,3)4/h5-8,11,15H,9-10H2,1-4H3,(H,21,24)(H,22,23). The zero-order valence-electron chi connectivity index (χ0n) is 15.8. The molecule has 27 heavy (non-hydrogen) atoms. The largest absolute Gasteiger partial charge is 0.480 e. The predicted octanol–water partition coefficient (Wildman–Crippen LogP) is 3.79. The van der Waals surface area contributed by atoms with Crippen LogP contribution in [-0.4, -0.2) is 41.0 Å². The van der Waals surface area contributed by atoms with Gasteiger partial charge < -0.3 is 19.9 Å². The fourth-order valence-electron chi connectivity index (χ4n) is 2.38. The van der Waals surface area contributed by atoms with E-state index in [1.54, 1.807) is 37.6 Å². The van der Waals surface area contributed by atoms with Gasteiger partial charge in [-0.25, -0.2) is 14.6 Å². The van der Waals surface area contributed by atoms with Crippen molar-refractivity contribution in [2.45, 2.75) is 39.3 Å². The number of alkyl carbamates (subject to hydrolysis) is 1. The normalized spacial score (nSPS) is 12.4. The number of carbonyl (C=O) groups excluding carboxylic acids is 1. The summed E-state index contributed by atoms with van der Waals surface area (Å²) in [6.45, 7) is 6.85. The smallest absolute Gasteiger partial charge is 0.408 e. The molecule has 0 fully saturated rings. The summed E-state index contributed by atoms with van der Waals surface area (Å²) in [5, 5.41) is 11.5. The van der Waals surface area contributed by atoms with Gasteiger partial charge in [0.2, 0.25) is 0 Å². The minimum Gasteiger partial charge on any atom is -0.480 e. The second-order valence-electron chi connectivity index (χ2n) is 7.00. The molecule has 2 rings (SSSR count). The van der Waals surface area contributed by atoms with Crippen LogP contribution in [0.15, 0.2) is 29.8 Å². The quantitative estimate of drug-likeness (QED) is 0.744. The molecule has 0 aliphatic heterocycles. The number of benzene rings is 1. The molecule has 1 aromatic heterocycles. The first-order chi connectivity index (χ1) is 12.7. The van der Waals surface area contributed by atoms with Gasteiger partial charge in [0.15, 0.2) is 0 Å². The van der Waals surface area contributed by atoms with Crippen molar-refractivity contribution in [3.05, 3.63) is 41.0 Å². The van der Waals surface area contributed by atoms with Gasteiger partial charge in [-0.3, -0.25) is 0 Å². The number of thiazole rings is 1. The van der Waals surface area contributed by atoms with E-state index >= 15 is 0 Å². The average Bonchev–Trinajstić information content (AvgIpc) is 2.98. The third-order valence-electron chi connectivity index (χ3n) is 3.52. The molecular formula is C19H24N2O5S. The Kier molecular flexibility index (Phi) is 6.92. The number of amides is 1. The van der Waals surface area contributed by atoms with Crippen molar-refractivity contribution in [1.29, 1.82) is 0 Å². The highest BCUT2D eigenvalue weighted by Gasteiger charge is 2.21. The Bertz CT molecular complexity index is 780. The molecular weight excluding hydrogens is 368 g/mol. The Morgan fingerprint density at radius 3 is 2.44 bits per heavy atom. The van der Waals surface area contributed by atoms with E-state index in [1.165, 1.54) is 0 Å². The Morgan fingerprint density at radius 2 is 1.93 bits per heavy atom. The molecule has 0 spiro atoms. The Labute approximate surface area is 162 Å². The number of aliphatic carboxylic acids is 1. The van der Waals surface area contributed by atoms with Crippen LogP contribution in [0.2, 0.25) is 0 Å². The minimum absolute atomic E-state index is 0.0183. The molecule has 0 bridgehead atoms. The molecule has 146 valence electrons. The van der Waals surface area contributed by atoms with Crippen LogP contribution in [0, 0.1) is 6.92 Å². The van der Waals surface area contributed by atoms with Gasteiger partial charge in [0, 0.05) is 0 Å². The van der Waals surface area contributed by atoms with Gasteiger partial charge in [0.1, 0.15) is 12.2 Å². The van der Waals surface area contributed by atoms with Crippen molar-refractivity contribution < 1.29 is 24.2 Å². The first-order valence-corrected chi connectivity index (χ1v) is 9.33. The fourth-order valence-corrected chi connectivity index (χ4v) is 3.19. The number of nitrogens with one attached hydrogen (secondary N) is 1. The summed E-state index contributed by atoms with van der Waals surface area (Å²) in [7, 11) is 0. The van der Waals surface area contributed by atoms with E-state index in [-0.39, 0.29) is 6.61 Å². The number of nitrogens with zero attached hydrogens (tertiary/aromatic N) is 1. The van der Waals surface area contributed by atoms with Crippen LogP contribution in [0.25, 0.3) is 10.4 Å². The van der Waals surface area contributed by atoms with Gasteiger partial charge in [-0.05, 0) is 38.8 Å². The number of hydrogen-bond donors (Lipinski definition) is 2. The maximum Gasteiger partial charge on any atom is 0.408 e. The van der Waals surface area contributed by atoms with Gasteiger partial charge >= 0.3 is 12.1 Å². The van der Waals surface area contributed by atoms with Crippen molar-refractivity contribution in [1.82, 2.24) is 10.3 Å². The van der Waals surface area contributed by atoms with Crippen LogP contribution in [0.3, 0.4) is 0 Å². The Morgan fingerprint density at radius 1 is 1.26 bits per heavy atom. The number of carboxylic acid groups (broad SMARTS) is 1. The van der Waals surface area contributed by atoms with Crippen LogP contribution >= 0.6 is 11.3 Å². The van der Waals surface area contributed by atoms with E-state index < -0.39 is 30.3 Å². The SMILES string of the molecule is Cc1ncsc1-c1ccc(C(COCC(=O)O)NC(=O)OC(C)(C)C)cc1. The molecule has 7 nitrogen and oxygen atoms in total. The van der Waals surface area contributed by atoms with Gasteiger partial charge in [0.05, 0.1) is 28.7 Å². The summed E-state index contributed by atoms with van der Waals surface area (Å²) in [6.07, 6.45) is -0.589. The number of aryl methyl sites for hydroxylation is 1. The monoisotopic (exact) mass is 392 g/mol. The third kappa shape index (κ3) is 6.65. The van der Waals surface area contributed by atoms with Crippen molar-refractivity contribution in [3.63, 3.8) is 0 Å². The third-order valence-corrected chi connectivity index (χ3v) is 4.50. The highest BCUT2D eigenvalue weighted by molar-refractivity contribution is 7.13. The van der Waals surface area contributed by atoms with E-state index in [2.05, 4.69) is 10.3 Å². The van der Waals surface area contributed by atoms with E-state index in [0.29, 0.717) is 0 Å². The van der Waals surface area contributed by atoms with E-state index in [0.717, 1.165) is 21.7 Å². The fraction of sp³-hybridized carbons (Fsp3) is 0.421. The molecule has 8 heteroatoms. The lowest BCUT2D eigenvalue weighted by molar-refractivity contribution is -0.142. The molecule has 2 N–H and O–H groups in total. The summed E-state index contributed by atoms with van der Waals surface area (Å²) in [5.41, 5.74) is 3.94. The first kappa shape index (κ1) is 20.9. The van der Waals surface area contributed by atoms with E-state index in [4.69, 9.17) is 14.6 Å². The van der Waals surface area contributed by atoms with Crippen molar-refractivity contribution in [3.8, 4) is 10.4 Å². The molecule has 1 aromatic carbocycles. The molecule has 1 heterocycles. The molecule has 2 aromatic rings. The van der Waals surface area contributed by atoms with Gasteiger partial charge in [0.25, 0.3) is 0 Å². The summed E-state index contributed by atoms with van der Waals surface area (Å²) in [6, 6.07) is 7.10. The molecule has 1 atom stereocenters. The second-order valence-corrected chi connectivity index (χ2v) is 7.85. The van der Waals surface area contributed by atoms with Crippen LogP contribution in [0.4, 0.5) is 4.79 Å². The molecule has 0 saturated carbocycles. The van der Waals surface area contributed by atoms with Crippen LogP contribution < -0.4 is 5.32 Å². The zero-order chi connectivity index (χ0) is 20.0. The zero-order valence-corrected chi connectivity index (χ0v) is 16.6. The number of carboxylic acids is 1. The van der Waals surface area contributed by atoms with E-state index in [1.807, 2.05) is 31.2 Å². The summed E-state index contributed by atoms with van der Waals surface area (Å²) >= 11 is 1.56. The van der Waals surface area contributed by atoms with Gasteiger partial charge in [-0.2, -0.15) is 0 Å². The number of rotatable bonds is 7. The molecule has 0 saturated heterocycles. The highest BCUT2D eigenvalue weighted by Crippen LogP contribution is 2.28. The van der Waals surface area contributed by atoms with Crippen LogP contribution in [-0.2, 0) is 14.3 Å². The lowest BCUT2D eigenvalue weighted by Crippen LogP contribution is -2.37. The maximum absolute atomic E-state index is 12.1. The summed E-state index contributed by atoms with van der Waals surface area (Å²) in [5.74, 6) is -1.07. The molecule has 0 aliphatic carbocycles. The number of aromatic nitrogens is 1. The highest BCUT2D eigenvalue weighted by atomic mass is 32.1. The summed E-state index contributed by atoms with van der Waals surface area (Å²) < 4.78 is 10.5.